The van der Waals surface area contributed by atoms with Crippen molar-refractivity contribution in [2.45, 2.75) is 58.7 Å². The van der Waals surface area contributed by atoms with Crippen molar-refractivity contribution in [2.75, 3.05) is 23.8 Å². The second-order valence-corrected chi connectivity index (χ2v) is 14.2. The number of benzene rings is 2. The SMILES string of the molecule is Cc1cc(F)cc(C)c1NC(=O)C(C)[PH]1(CC(=O)OCc2ccccc2)CCCCCC1. The van der Waals surface area contributed by atoms with Gasteiger partial charge in [0.05, 0.1) is 0 Å². The molecular formula is C26H35FNO3P. The van der Waals surface area contributed by atoms with E-state index in [1.54, 1.807) is 13.8 Å². The van der Waals surface area contributed by atoms with Gasteiger partial charge < -0.3 is 0 Å². The summed E-state index contributed by atoms with van der Waals surface area (Å²) in [6.45, 7) is 5.84. The third kappa shape index (κ3) is 6.16. The van der Waals surface area contributed by atoms with Crippen LogP contribution in [-0.4, -0.2) is 36.0 Å². The number of anilines is 1. The number of rotatable bonds is 7. The molecule has 4 nitrogen and oxygen atoms in total. The average Bonchev–Trinajstić information content (AvgIpc) is 3.01. The van der Waals surface area contributed by atoms with Crippen molar-refractivity contribution in [3.8, 4) is 0 Å². The van der Waals surface area contributed by atoms with E-state index >= 15 is 0 Å². The zero-order valence-corrected chi connectivity index (χ0v) is 20.4. The molecule has 1 heterocycles. The van der Waals surface area contributed by atoms with Crippen LogP contribution >= 0.6 is 7.26 Å². The standard InChI is InChI=1S/C26H35FNO3P/c1-19-15-23(27)16-20(2)25(19)28-26(30)21(3)32(13-9-4-5-10-14-32)18-24(29)31-17-22-11-7-6-8-12-22/h6-8,11-12,15-16,21,32H,4-5,9-10,13-14,17-18H2,1-3H3,(H,28,30). The summed E-state index contributed by atoms with van der Waals surface area (Å²) >= 11 is 0. The van der Waals surface area contributed by atoms with Crippen molar-refractivity contribution in [1.29, 1.82) is 0 Å². The fourth-order valence-corrected chi connectivity index (χ4v) is 9.88. The third-order valence-electron chi connectivity index (χ3n) is 6.90. The molecule has 1 N–H and O–H groups in total. The molecule has 2 aromatic carbocycles. The topological polar surface area (TPSA) is 55.4 Å². The molecule has 6 heteroatoms. The van der Waals surface area contributed by atoms with Crippen molar-refractivity contribution in [3.63, 3.8) is 0 Å². The number of ether oxygens (including phenoxy) is 1. The van der Waals surface area contributed by atoms with Crippen LogP contribution in [0.15, 0.2) is 42.5 Å². The first kappa shape index (κ1) is 24.4. The van der Waals surface area contributed by atoms with Crippen LogP contribution in [0.3, 0.4) is 0 Å². The maximum atomic E-state index is 13.7. The fraction of sp³-hybridized carbons (Fsp3) is 0.462. The average molecular weight is 460 g/mol. The number of carbonyl (C=O) groups excluding carboxylic acids is 2. The Morgan fingerprint density at radius 3 is 2.22 bits per heavy atom. The molecule has 3 rings (SSSR count). The first-order valence-corrected chi connectivity index (χ1v) is 14.3. The molecule has 0 aromatic heterocycles. The molecule has 2 aromatic rings. The minimum absolute atomic E-state index is 0.0627. The zero-order chi connectivity index (χ0) is 23.1. The van der Waals surface area contributed by atoms with Gasteiger partial charge in [0.15, 0.2) is 0 Å². The van der Waals surface area contributed by atoms with Crippen LogP contribution in [0.4, 0.5) is 10.1 Å². The fourth-order valence-electron chi connectivity index (χ4n) is 4.89. The Kier molecular flexibility index (Phi) is 8.42. The number of nitrogens with one attached hydrogen (secondary N) is 1. The molecule has 0 radical (unpaired) electrons. The Bertz CT molecular complexity index is 916. The van der Waals surface area contributed by atoms with E-state index in [0.717, 1.165) is 43.6 Å². The van der Waals surface area contributed by atoms with E-state index in [1.165, 1.54) is 12.1 Å². The molecule has 1 amide bonds. The number of amides is 1. The first-order valence-electron chi connectivity index (χ1n) is 11.6. The van der Waals surface area contributed by atoms with E-state index in [2.05, 4.69) is 5.32 Å². The molecule has 0 aliphatic carbocycles. The molecule has 0 saturated carbocycles. The van der Waals surface area contributed by atoms with Crippen molar-refractivity contribution in [2.24, 2.45) is 0 Å². The molecule has 0 bridgehead atoms. The predicted molar refractivity (Wildman–Crippen MR) is 132 cm³/mol. The molecule has 1 saturated heterocycles. The summed E-state index contributed by atoms with van der Waals surface area (Å²) in [5, 5.41) is 3.06. The van der Waals surface area contributed by atoms with Crippen LogP contribution in [-0.2, 0) is 20.9 Å². The van der Waals surface area contributed by atoms with Crippen LogP contribution in [0.25, 0.3) is 0 Å². The van der Waals surface area contributed by atoms with E-state index < -0.39 is 7.26 Å². The Hall–Kier alpha value is -2.26. The molecular weight excluding hydrogens is 424 g/mol. The van der Waals surface area contributed by atoms with Gasteiger partial charge in [0.2, 0.25) is 0 Å². The number of esters is 1. The summed E-state index contributed by atoms with van der Waals surface area (Å²) in [6.07, 6.45) is 6.72. The number of hydrogen-bond acceptors (Lipinski definition) is 3. The van der Waals surface area contributed by atoms with Gasteiger partial charge in [-0.3, -0.25) is 0 Å². The molecule has 1 aliphatic heterocycles. The second-order valence-electron chi connectivity index (χ2n) is 9.23. The van der Waals surface area contributed by atoms with E-state index in [4.69, 9.17) is 4.74 Å². The number of halogens is 1. The molecule has 174 valence electrons. The quantitative estimate of drug-likeness (QED) is 0.418. The van der Waals surface area contributed by atoms with E-state index in [-0.39, 0.29) is 30.0 Å². The van der Waals surface area contributed by atoms with Crippen LogP contribution in [0.1, 0.15) is 49.3 Å². The van der Waals surface area contributed by atoms with Gasteiger partial charge in [0.25, 0.3) is 0 Å². The summed E-state index contributed by atoms with van der Waals surface area (Å²) in [7, 11) is -2.26. The Morgan fingerprint density at radius 2 is 1.62 bits per heavy atom. The normalized spacial score (nSPS) is 17.6. The number of aryl methyl sites for hydroxylation is 2. The first-order chi connectivity index (χ1) is 15.3. The summed E-state index contributed by atoms with van der Waals surface area (Å²) in [4.78, 5) is 26.2. The van der Waals surface area contributed by atoms with Crippen LogP contribution in [0.5, 0.6) is 0 Å². The number of hydrogen-bond donors (Lipinski definition) is 1. The van der Waals surface area contributed by atoms with Gasteiger partial charge in [-0.15, -0.1) is 0 Å². The maximum absolute atomic E-state index is 13.7. The van der Waals surface area contributed by atoms with Crippen LogP contribution < -0.4 is 5.32 Å². The van der Waals surface area contributed by atoms with E-state index in [9.17, 15) is 14.0 Å². The molecule has 1 unspecified atom stereocenters. The Morgan fingerprint density at radius 1 is 1.03 bits per heavy atom. The monoisotopic (exact) mass is 459 g/mol. The van der Waals surface area contributed by atoms with Crippen LogP contribution in [0, 0.1) is 19.7 Å². The van der Waals surface area contributed by atoms with Crippen LogP contribution in [0.2, 0.25) is 0 Å². The van der Waals surface area contributed by atoms with Gasteiger partial charge in [-0.2, -0.15) is 0 Å². The second kappa shape index (κ2) is 11.0. The van der Waals surface area contributed by atoms with Gasteiger partial charge in [0.1, 0.15) is 0 Å². The summed E-state index contributed by atoms with van der Waals surface area (Å²) < 4.78 is 19.3. The molecule has 0 spiro atoms. The molecule has 1 atom stereocenters. The molecule has 32 heavy (non-hydrogen) atoms. The molecule has 1 aliphatic rings. The summed E-state index contributed by atoms with van der Waals surface area (Å²) in [5.74, 6) is -0.565. The van der Waals surface area contributed by atoms with Crippen molar-refractivity contribution in [3.05, 3.63) is 65.0 Å². The van der Waals surface area contributed by atoms with Gasteiger partial charge in [-0.1, -0.05) is 0 Å². The van der Waals surface area contributed by atoms with Crippen molar-refractivity contribution >= 4 is 24.8 Å². The predicted octanol–water partition coefficient (Wildman–Crippen LogP) is 5.84. The number of carbonyl (C=O) groups is 2. The summed E-state index contributed by atoms with van der Waals surface area (Å²) in [5.41, 5.74) is 2.83. The van der Waals surface area contributed by atoms with Gasteiger partial charge in [-0.05, 0) is 0 Å². The minimum atomic E-state index is -2.26. The van der Waals surface area contributed by atoms with Gasteiger partial charge in [-0.25, -0.2) is 0 Å². The zero-order valence-electron chi connectivity index (χ0n) is 19.4. The Labute approximate surface area is 191 Å². The van der Waals surface area contributed by atoms with E-state index in [0.29, 0.717) is 23.0 Å². The third-order valence-corrected chi connectivity index (χ3v) is 12.7. The Balaban J connectivity index is 1.74. The van der Waals surface area contributed by atoms with Crippen molar-refractivity contribution in [1.82, 2.24) is 0 Å². The van der Waals surface area contributed by atoms with Crippen molar-refractivity contribution < 1.29 is 18.7 Å². The van der Waals surface area contributed by atoms with Gasteiger partial charge in [0, 0.05) is 0 Å². The van der Waals surface area contributed by atoms with E-state index in [1.807, 2.05) is 37.3 Å². The van der Waals surface area contributed by atoms with Gasteiger partial charge >= 0.3 is 191 Å². The summed E-state index contributed by atoms with van der Waals surface area (Å²) in [6, 6.07) is 12.5. The molecule has 1 fully saturated rings.